The number of Topliss-reactive ketones (excluding diaryl/α,β-unsaturated/α-hetero) is 1. The van der Waals surface area contributed by atoms with Crippen LogP contribution in [0.15, 0.2) is 72.6 Å². The number of rotatable bonds is 4. The van der Waals surface area contributed by atoms with E-state index in [1.807, 2.05) is 24.3 Å². The van der Waals surface area contributed by atoms with Gasteiger partial charge in [0, 0.05) is 42.4 Å². The van der Waals surface area contributed by atoms with Gasteiger partial charge in [0.05, 0.1) is 21.7 Å². The number of anilines is 2. The molecule has 178 valence electrons. The number of aliphatic hydroxyl groups excluding tert-OH is 1. The van der Waals surface area contributed by atoms with Gasteiger partial charge >= 0.3 is 0 Å². The highest BCUT2D eigenvalue weighted by Crippen LogP contribution is 2.42. The number of ketones is 1. The van der Waals surface area contributed by atoms with Crippen molar-refractivity contribution in [2.24, 2.45) is 0 Å². The molecule has 1 unspecified atom stereocenters. The van der Waals surface area contributed by atoms with E-state index in [0.29, 0.717) is 21.8 Å². The smallest absolute Gasteiger partial charge is 0.300 e. The van der Waals surface area contributed by atoms with E-state index >= 15 is 0 Å². The van der Waals surface area contributed by atoms with Crippen molar-refractivity contribution < 1.29 is 14.7 Å². The number of hydrogen-bond acceptors (Lipinski definition) is 5. The third-order valence-corrected chi connectivity index (χ3v) is 7.23. The van der Waals surface area contributed by atoms with E-state index in [0.717, 1.165) is 31.6 Å². The fourth-order valence-corrected chi connectivity index (χ4v) is 5.03. The van der Waals surface area contributed by atoms with Crippen LogP contribution in [0.3, 0.4) is 0 Å². The number of aliphatic hydroxyl groups is 1. The van der Waals surface area contributed by atoms with Gasteiger partial charge < -0.3 is 10.0 Å². The van der Waals surface area contributed by atoms with Crippen molar-refractivity contribution in [3.8, 4) is 0 Å². The second-order valence-electron chi connectivity index (χ2n) is 8.65. The van der Waals surface area contributed by atoms with E-state index in [2.05, 4.69) is 9.88 Å². The molecule has 6 nitrogen and oxygen atoms in total. The molecule has 2 aliphatic heterocycles. The number of piperidine rings is 1. The molecule has 0 bridgehead atoms. The Kier molecular flexibility index (Phi) is 6.50. The van der Waals surface area contributed by atoms with E-state index in [9.17, 15) is 14.7 Å². The summed E-state index contributed by atoms with van der Waals surface area (Å²) in [4.78, 5) is 34.5. The second kappa shape index (κ2) is 9.72. The van der Waals surface area contributed by atoms with Crippen LogP contribution in [0.5, 0.6) is 0 Å². The Labute approximate surface area is 213 Å². The topological polar surface area (TPSA) is 73.7 Å². The SMILES string of the molecule is O=C1C(=O)N(c2ccc(N3CCCCC3)cc2)C(c2cccnc2)/C1=C(/O)c1ccc(Cl)c(Cl)c1. The molecule has 3 heterocycles. The molecule has 2 aliphatic rings. The summed E-state index contributed by atoms with van der Waals surface area (Å²) in [5, 5.41) is 11.7. The van der Waals surface area contributed by atoms with Gasteiger partial charge in [0.1, 0.15) is 5.76 Å². The van der Waals surface area contributed by atoms with Crippen LogP contribution < -0.4 is 9.80 Å². The summed E-state index contributed by atoms with van der Waals surface area (Å²) in [5.41, 5.74) is 2.52. The van der Waals surface area contributed by atoms with Crippen LogP contribution in [0.1, 0.15) is 36.4 Å². The third-order valence-electron chi connectivity index (χ3n) is 6.49. The van der Waals surface area contributed by atoms with Crippen molar-refractivity contribution in [3.05, 3.63) is 93.7 Å². The summed E-state index contributed by atoms with van der Waals surface area (Å²) in [6, 6.07) is 14.9. The van der Waals surface area contributed by atoms with Crippen LogP contribution in [0.4, 0.5) is 11.4 Å². The normalized spacial score (nSPS) is 19.9. The maximum absolute atomic E-state index is 13.3. The molecule has 0 saturated carbocycles. The maximum Gasteiger partial charge on any atom is 0.300 e. The number of nitrogens with zero attached hydrogens (tertiary/aromatic N) is 3. The molecule has 8 heteroatoms. The van der Waals surface area contributed by atoms with Gasteiger partial charge in [-0.15, -0.1) is 0 Å². The van der Waals surface area contributed by atoms with Gasteiger partial charge in [-0.1, -0.05) is 29.3 Å². The van der Waals surface area contributed by atoms with Gasteiger partial charge in [-0.25, -0.2) is 0 Å². The summed E-state index contributed by atoms with van der Waals surface area (Å²) >= 11 is 12.2. The minimum Gasteiger partial charge on any atom is -0.507 e. The van der Waals surface area contributed by atoms with Crippen molar-refractivity contribution >= 4 is 52.0 Å². The van der Waals surface area contributed by atoms with E-state index in [1.165, 1.54) is 23.5 Å². The van der Waals surface area contributed by atoms with Gasteiger partial charge in [-0.2, -0.15) is 0 Å². The number of carbonyl (C=O) groups is 2. The van der Waals surface area contributed by atoms with Crippen LogP contribution in [0.2, 0.25) is 10.0 Å². The maximum atomic E-state index is 13.3. The third kappa shape index (κ3) is 4.40. The van der Waals surface area contributed by atoms with Gasteiger partial charge in [-0.3, -0.25) is 19.5 Å². The minimum absolute atomic E-state index is 0.0264. The van der Waals surface area contributed by atoms with Crippen LogP contribution in [0, 0.1) is 0 Å². The van der Waals surface area contributed by atoms with Gasteiger partial charge in [0.15, 0.2) is 0 Å². The Hall–Kier alpha value is -3.35. The Morgan fingerprint density at radius 3 is 2.29 bits per heavy atom. The summed E-state index contributed by atoms with van der Waals surface area (Å²) < 4.78 is 0. The highest BCUT2D eigenvalue weighted by molar-refractivity contribution is 6.51. The monoisotopic (exact) mass is 507 g/mol. The van der Waals surface area contributed by atoms with Crippen molar-refractivity contribution in [1.29, 1.82) is 0 Å². The largest absolute Gasteiger partial charge is 0.507 e. The average molecular weight is 508 g/mol. The molecule has 2 aromatic carbocycles. The zero-order chi connectivity index (χ0) is 24.5. The number of halogens is 2. The summed E-state index contributed by atoms with van der Waals surface area (Å²) in [6.07, 6.45) is 6.76. The lowest BCUT2D eigenvalue weighted by Gasteiger charge is -2.30. The quantitative estimate of drug-likeness (QED) is 0.266. The van der Waals surface area contributed by atoms with Gasteiger partial charge in [0.25, 0.3) is 11.7 Å². The standard InChI is InChI=1S/C27H23Cl2N3O3/c28-21-11-6-17(15-22(21)29)25(33)23-24(18-5-4-12-30-16-18)32(27(35)26(23)34)20-9-7-19(8-10-20)31-13-2-1-3-14-31/h4-12,15-16,24,33H,1-3,13-14H2/b25-23-. The Balaban J connectivity index is 1.60. The predicted molar refractivity (Wildman–Crippen MR) is 138 cm³/mol. The van der Waals surface area contributed by atoms with Gasteiger partial charge in [-0.05, 0) is 73.4 Å². The number of pyridine rings is 1. The van der Waals surface area contributed by atoms with Crippen molar-refractivity contribution in [2.75, 3.05) is 22.9 Å². The molecule has 35 heavy (non-hydrogen) atoms. The van der Waals surface area contributed by atoms with Crippen LogP contribution in [-0.4, -0.2) is 34.9 Å². The Morgan fingerprint density at radius 2 is 1.63 bits per heavy atom. The zero-order valence-electron chi connectivity index (χ0n) is 18.8. The molecule has 0 aliphatic carbocycles. The van der Waals surface area contributed by atoms with E-state index in [1.54, 1.807) is 30.6 Å². The lowest BCUT2D eigenvalue weighted by Crippen LogP contribution is -2.30. The van der Waals surface area contributed by atoms with Crippen LogP contribution in [0.25, 0.3) is 5.76 Å². The molecular weight excluding hydrogens is 485 g/mol. The highest BCUT2D eigenvalue weighted by Gasteiger charge is 2.47. The Morgan fingerprint density at radius 1 is 0.914 bits per heavy atom. The molecule has 1 N–H and O–H groups in total. The number of amides is 1. The number of aromatic nitrogens is 1. The summed E-state index contributed by atoms with van der Waals surface area (Å²) in [7, 11) is 0. The van der Waals surface area contributed by atoms with Crippen molar-refractivity contribution in [1.82, 2.24) is 4.98 Å². The van der Waals surface area contributed by atoms with E-state index < -0.39 is 17.7 Å². The first kappa shape index (κ1) is 23.4. The first-order valence-electron chi connectivity index (χ1n) is 11.5. The lowest BCUT2D eigenvalue weighted by atomic mass is 9.96. The molecule has 0 radical (unpaired) electrons. The lowest BCUT2D eigenvalue weighted by molar-refractivity contribution is -0.132. The van der Waals surface area contributed by atoms with Crippen LogP contribution >= 0.6 is 23.2 Å². The van der Waals surface area contributed by atoms with E-state index in [-0.39, 0.29) is 16.4 Å². The molecule has 0 spiro atoms. The van der Waals surface area contributed by atoms with Gasteiger partial charge in [0.2, 0.25) is 0 Å². The van der Waals surface area contributed by atoms with Crippen LogP contribution in [-0.2, 0) is 9.59 Å². The number of carbonyl (C=O) groups excluding carboxylic acids is 2. The fraction of sp³-hybridized carbons (Fsp3) is 0.222. The molecule has 2 fully saturated rings. The predicted octanol–water partition coefficient (Wildman–Crippen LogP) is 6.01. The van der Waals surface area contributed by atoms with E-state index in [4.69, 9.17) is 23.2 Å². The average Bonchev–Trinajstić information content (AvgIpc) is 3.16. The molecular formula is C27H23Cl2N3O3. The first-order chi connectivity index (χ1) is 17.0. The molecule has 2 saturated heterocycles. The first-order valence-corrected chi connectivity index (χ1v) is 12.2. The van der Waals surface area contributed by atoms with Crippen molar-refractivity contribution in [2.45, 2.75) is 25.3 Å². The fourth-order valence-electron chi connectivity index (χ4n) is 4.73. The number of benzene rings is 2. The summed E-state index contributed by atoms with van der Waals surface area (Å²) in [6.45, 7) is 2.01. The molecule has 3 aromatic rings. The molecule has 1 amide bonds. The second-order valence-corrected chi connectivity index (χ2v) is 9.46. The minimum atomic E-state index is -0.848. The highest BCUT2D eigenvalue weighted by atomic mass is 35.5. The molecule has 1 aromatic heterocycles. The van der Waals surface area contributed by atoms with Crippen molar-refractivity contribution in [3.63, 3.8) is 0 Å². The Bertz CT molecular complexity index is 1300. The number of hydrogen-bond donors (Lipinski definition) is 1. The molecule has 5 rings (SSSR count). The molecule has 1 atom stereocenters. The zero-order valence-corrected chi connectivity index (χ0v) is 20.3. The summed E-state index contributed by atoms with van der Waals surface area (Å²) in [5.74, 6) is -1.81.